The molecule has 1 aromatic carbocycles. The summed E-state index contributed by atoms with van der Waals surface area (Å²) in [4.78, 5) is 13.7. The predicted molar refractivity (Wildman–Crippen MR) is 113 cm³/mol. The second-order valence-corrected chi connectivity index (χ2v) is 8.31. The second-order valence-electron chi connectivity index (χ2n) is 7.25. The lowest BCUT2D eigenvalue weighted by atomic mass is 10.1. The molecule has 28 heavy (non-hydrogen) atoms. The van der Waals surface area contributed by atoms with Gasteiger partial charge in [0.25, 0.3) is 5.56 Å². The van der Waals surface area contributed by atoms with Crippen molar-refractivity contribution in [3.05, 3.63) is 40.3 Å². The highest BCUT2D eigenvalue weighted by Crippen LogP contribution is 2.43. The minimum atomic E-state index is -0.211. The number of benzene rings is 1. The number of methoxy groups -OCH3 is 1. The molecule has 0 radical (unpaired) electrons. The fourth-order valence-electron chi connectivity index (χ4n) is 4.13. The van der Waals surface area contributed by atoms with Crippen LogP contribution in [0.25, 0.3) is 31.4 Å². The Labute approximate surface area is 165 Å². The molecule has 4 N–H and O–H groups in total. The molecule has 8 heteroatoms. The van der Waals surface area contributed by atoms with Gasteiger partial charge < -0.3 is 20.4 Å². The molecule has 7 nitrogen and oxygen atoms in total. The highest BCUT2D eigenvalue weighted by molar-refractivity contribution is 7.22. The number of nitrogens with one attached hydrogen (secondary N) is 2. The van der Waals surface area contributed by atoms with Crippen molar-refractivity contribution >= 4 is 38.1 Å². The van der Waals surface area contributed by atoms with Gasteiger partial charge in [-0.2, -0.15) is 5.10 Å². The molecule has 1 fully saturated rings. The van der Waals surface area contributed by atoms with Crippen LogP contribution >= 0.6 is 11.3 Å². The Morgan fingerprint density at radius 3 is 2.96 bits per heavy atom. The van der Waals surface area contributed by atoms with E-state index in [0.717, 1.165) is 56.7 Å². The van der Waals surface area contributed by atoms with Gasteiger partial charge in [0.15, 0.2) is 5.82 Å². The number of aryl methyl sites for hydroxylation is 1. The van der Waals surface area contributed by atoms with Gasteiger partial charge in [0, 0.05) is 29.2 Å². The van der Waals surface area contributed by atoms with E-state index < -0.39 is 0 Å². The van der Waals surface area contributed by atoms with Gasteiger partial charge in [-0.15, -0.1) is 11.3 Å². The molecule has 0 amide bonds. The molecule has 0 bridgehead atoms. The predicted octanol–water partition coefficient (Wildman–Crippen LogP) is 3.04. The number of H-pyrrole nitrogens is 1. The number of thiophene rings is 1. The van der Waals surface area contributed by atoms with Crippen LogP contribution < -0.4 is 21.3 Å². The third-order valence-corrected chi connectivity index (χ3v) is 6.62. The normalized spacial score (nSPS) is 17.0. The van der Waals surface area contributed by atoms with Crippen molar-refractivity contribution in [2.24, 2.45) is 0 Å². The summed E-state index contributed by atoms with van der Waals surface area (Å²) in [6.45, 7) is 3.83. The maximum Gasteiger partial charge on any atom is 0.288 e. The standard InChI is InChI=1S/C20H21N5O2S/c1-10-5-11-7-15(28-18(11)14(6-10)27-2)13-9-25(12-3-4-22-8-12)17-16(13)19(21)23-24-20(17)26/h5-7,9,12,22H,3-4,8H2,1-2H3,(H2,21,23)(H,24,26). The van der Waals surface area contributed by atoms with E-state index in [0.29, 0.717) is 11.3 Å². The van der Waals surface area contributed by atoms with Crippen LogP contribution in [0, 0.1) is 6.92 Å². The van der Waals surface area contributed by atoms with Crippen molar-refractivity contribution < 1.29 is 4.74 Å². The van der Waals surface area contributed by atoms with E-state index >= 15 is 0 Å². The van der Waals surface area contributed by atoms with Crippen LogP contribution in [0.5, 0.6) is 5.75 Å². The summed E-state index contributed by atoms with van der Waals surface area (Å²) in [5.41, 5.74) is 8.69. The first-order chi connectivity index (χ1) is 13.6. The molecular formula is C20H21N5O2S. The summed E-state index contributed by atoms with van der Waals surface area (Å²) in [6.07, 6.45) is 3.03. The average molecular weight is 395 g/mol. The summed E-state index contributed by atoms with van der Waals surface area (Å²) < 4.78 is 8.73. The fraction of sp³-hybridized carbons (Fsp3) is 0.300. The maximum atomic E-state index is 12.6. The quantitative estimate of drug-likeness (QED) is 0.495. The number of hydrogen-bond donors (Lipinski definition) is 3. The zero-order valence-electron chi connectivity index (χ0n) is 15.7. The summed E-state index contributed by atoms with van der Waals surface area (Å²) in [6, 6.07) is 6.55. The van der Waals surface area contributed by atoms with Gasteiger partial charge in [-0.1, -0.05) is 6.07 Å². The number of aromatic nitrogens is 3. The lowest BCUT2D eigenvalue weighted by Crippen LogP contribution is -2.18. The zero-order valence-corrected chi connectivity index (χ0v) is 16.5. The molecule has 1 unspecified atom stereocenters. The molecule has 4 heterocycles. The summed E-state index contributed by atoms with van der Waals surface area (Å²) in [5, 5.41) is 11.8. The first-order valence-electron chi connectivity index (χ1n) is 9.24. The van der Waals surface area contributed by atoms with Gasteiger partial charge in [-0.3, -0.25) is 4.79 Å². The van der Waals surface area contributed by atoms with Crippen molar-refractivity contribution in [2.75, 3.05) is 25.9 Å². The molecule has 1 aliphatic heterocycles. The SMILES string of the molecule is COc1cc(C)cc2cc(-c3cn(C4CCNC4)c4c(=O)[nH]nc(N)c34)sc12. The summed E-state index contributed by atoms with van der Waals surface area (Å²) >= 11 is 1.65. The topological polar surface area (TPSA) is 98.0 Å². The van der Waals surface area contributed by atoms with E-state index in [2.05, 4.69) is 45.3 Å². The van der Waals surface area contributed by atoms with Crippen LogP contribution in [0.4, 0.5) is 5.82 Å². The monoisotopic (exact) mass is 395 g/mol. The molecule has 0 saturated carbocycles. The Morgan fingerprint density at radius 2 is 2.21 bits per heavy atom. The highest BCUT2D eigenvalue weighted by atomic mass is 32.1. The Hall–Kier alpha value is -2.84. The van der Waals surface area contributed by atoms with Gasteiger partial charge >= 0.3 is 0 Å². The molecule has 5 rings (SSSR count). The van der Waals surface area contributed by atoms with Crippen molar-refractivity contribution in [2.45, 2.75) is 19.4 Å². The van der Waals surface area contributed by atoms with Crippen molar-refractivity contribution in [3.63, 3.8) is 0 Å². The van der Waals surface area contributed by atoms with Crippen LogP contribution in [0.15, 0.2) is 29.2 Å². The van der Waals surface area contributed by atoms with Crippen LogP contribution in [-0.2, 0) is 0 Å². The third kappa shape index (κ3) is 2.52. The molecule has 3 aromatic heterocycles. The number of hydrogen-bond acceptors (Lipinski definition) is 6. The van der Waals surface area contributed by atoms with Crippen molar-refractivity contribution in [1.29, 1.82) is 0 Å². The fourth-order valence-corrected chi connectivity index (χ4v) is 5.28. The number of fused-ring (bicyclic) bond motifs is 2. The van der Waals surface area contributed by atoms with E-state index in [1.54, 1.807) is 18.4 Å². The Balaban J connectivity index is 1.81. The van der Waals surface area contributed by atoms with E-state index in [-0.39, 0.29) is 11.6 Å². The first-order valence-corrected chi connectivity index (χ1v) is 10.1. The molecule has 1 atom stereocenters. The average Bonchev–Trinajstić information content (AvgIpc) is 3.40. The molecule has 1 saturated heterocycles. The van der Waals surface area contributed by atoms with Gasteiger partial charge in [-0.25, -0.2) is 5.10 Å². The van der Waals surface area contributed by atoms with E-state index in [4.69, 9.17) is 10.5 Å². The van der Waals surface area contributed by atoms with Gasteiger partial charge in [0.1, 0.15) is 11.3 Å². The van der Waals surface area contributed by atoms with Gasteiger partial charge in [-0.05, 0) is 43.0 Å². The number of nitrogen functional groups attached to an aromatic ring is 1. The lowest BCUT2D eigenvalue weighted by Gasteiger charge is -2.11. The Kier molecular flexibility index (Phi) is 3.92. The summed E-state index contributed by atoms with van der Waals surface area (Å²) in [5.74, 6) is 1.20. The summed E-state index contributed by atoms with van der Waals surface area (Å²) in [7, 11) is 1.69. The minimum absolute atomic E-state index is 0.211. The van der Waals surface area contributed by atoms with Gasteiger partial charge in [0.2, 0.25) is 0 Å². The highest BCUT2D eigenvalue weighted by Gasteiger charge is 2.25. The molecule has 0 aliphatic carbocycles. The van der Waals surface area contributed by atoms with Crippen LogP contribution in [0.2, 0.25) is 0 Å². The van der Waals surface area contributed by atoms with Crippen LogP contribution in [-0.4, -0.2) is 35.0 Å². The van der Waals surface area contributed by atoms with E-state index in [1.165, 1.54) is 0 Å². The van der Waals surface area contributed by atoms with Crippen LogP contribution in [0.3, 0.4) is 0 Å². The molecule has 0 spiro atoms. The number of nitrogens with zero attached hydrogens (tertiary/aromatic N) is 2. The maximum absolute atomic E-state index is 12.6. The molecule has 4 aromatic rings. The Bertz CT molecular complexity index is 1260. The van der Waals surface area contributed by atoms with Gasteiger partial charge in [0.05, 0.1) is 17.2 Å². The number of nitrogens with two attached hydrogens (primary N) is 1. The zero-order chi connectivity index (χ0) is 19.4. The second kappa shape index (κ2) is 6.35. The number of ether oxygens (including phenoxy) is 1. The third-order valence-electron chi connectivity index (χ3n) is 5.42. The molecule has 1 aliphatic rings. The lowest BCUT2D eigenvalue weighted by molar-refractivity contribution is 0.420. The van der Waals surface area contributed by atoms with Crippen LogP contribution in [0.1, 0.15) is 18.0 Å². The minimum Gasteiger partial charge on any atom is -0.495 e. The Morgan fingerprint density at radius 1 is 1.36 bits per heavy atom. The van der Waals surface area contributed by atoms with Crippen molar-refractivity contribution in [3.8, 4) is 16.2 Å². The number of aromatic amines is 1. The molecule has 144 valence electrons. The van der Waals surface area contributed by atoms with E-state index in [1.807, 2.05) is 6.07 Å². The number of rotatable bonds is 3. The molecular weight excluding hydrogens is 374 g/mol. The smallest absolute Gasteiger partial charge is 0.288 e. The largest absolute Gasteiger partial charge is 0.495 e. The van der Waals surface area contributed by atoms with E-state index in [9.17, 15) is 4.79 Å². The van der Waals surface area contributed by atoms with Crippen molar-refractivity contribution in [1.82, 2.24) is 20.1 Å². The number of anilines is 1. The first kappa shape index (κ1) is 17.3.